The Balaban J connectivity index is 1.48. The SMILES string of the molecule is COc1cccc2cc(-c3nnc(SCC(=O)Nc4cc(F)ccc4C)n3C)oc12. The number of carbonyl (C=O) groups is 1. The summed E-state index contributed by atoms with van der Waals surface area (Å²) in [5, 5.41) is 12.5. The molecule has 9 heteroatoms. The maximum Gasteiger partial charge on any atom is 0.234 e. The molecule has 30 heavy (non-hydrogen) atoms. The summed E-state index contributed by atoms with van der Waals surface area (Å²) in [7, 11) is 3.39. The number of methoxy groups -OCH3 is 1. The number of benzene rings is 2. The fourth-order valence-corrected chi connectivity index (χ4v) is 3.72. The lowest BCUT2D eigenvalue weighted by molar-refractivity contribution is -0.113. The molecule has 0 saturated heterocycles. The number of furan rings is 1. The Bertz CT molecular complexity index is 1230. The first-order chi connectivity index (χ1) is 14.5. The van der Waals surface area contributed by atoms with Gasteiger partial charge in [-0.1, -0.05) is 30.0 Å². The Kier molecular flexibility index (Phi) is 5.45. The summed E-state index contributed by atoms with van der Waals surface area (Å²) in [5.74, 6) is 1.18. The molecule has 1 amide bonds. The van der Waals surface area contributed by atoms with Gasteiger partial charge in [0.05, 0.1) is 12.9 Å². The van der Waals surface area contributed by atoms with Crippen molar-refractivity contribution in [1.29, 1.82) is 0 Å². The number of ether oxygens (including phenoxy) is 1. The molecule has 0 fully saturated rings. The highest BCUT2D eigenvalue weighted by Crippen LogP contribution is 2.33. The Morgan fingerprint density at radius 2 is 2.10 bits per heavy atom. The van der Waals surface area contributed by atoms with Crippen molar-refractivity contribution >= 4 is 34.3 Å². The number of amides is 1. The van der Waals surface area contributed by atoms with Gasteiger partial charge in [-0.05, 0) is 36.8 Å². The molecule has 0 aliphatic rings. The molecule has 0 radical (unpaired) electrons. The van der Waals surface area contributed by atoms with Crippen molar-refractivity contribution in [2.24, 2.45) is 7.05 Å². The van der Waals surface area contributed by atoms with Gasteiger partial charge in [0.2, 0.25) is 5.91 Å². The molecule has 1 N–H and O–H groups in total. The molecule has 0 spiro atoms. The van der Waals surface area contributed by atoms with E-state index in [1.165, 1.54) is 23.9 Å². The van der Waals surface area contributed by atoms with E-state index in [0.29, 0.717) is 33.8 Å². The number of aromatic nitrogens is 3. The van der Waals surface area contributed by atoms with Gasteiger partial charge in [-0.25, -0.2) is 4.39 Å². The second kappa shape index (κ2) is 8.19. The molecule has 2 aromatic heterocycles. The average Bonchev–Trinajstić information content (AvgIpc) is 3.32. The molecule has 0 bridgehead atoms. The van der Waals surface area contributed by atoms with Crippen LogP contribution in [-0.2, 0) is 11.8 Å². The van der Waals surface area contributed by atoms with Gasteiger partial charge in [0, 0.05) is 18.1 Å². The first-order valence-corrected chi connectivity index (χ1v) is 10.1. The van der Waals surface area contributed by atoms with Gasteiger partial charge in [0.25, 0.3) is 0 Å². The van der Waals surface area contributed by atoms with E-state index < -0.39 is 5.82 Å². The second-order valence-corrected chi connectivity index (χ2v) is 7.59. The summed E-state index contributed by atoms with van der Waals surface area (Å²) in [6.45, 7) is 1.81. The summed E-state index contributed by atoms with van der Waals surface area (Å²) >= 11 is 1.23. The van der Waals surface area contributed by atoms with E-state index in [-0.39, 0.29) is 11.7 Å². The molecular weight excluding hydrogens is 407 g/mol. The Morgan fingerprint density at radius 3 is 2.90 bits per heavy atom. The molecule has 0 unspecified atom stereocenters. The van der Waals surface area contributed by atoms with Gasteiger partial charge in [-0.3, -0.25) is 4.79 Å². The zero-order valence-electron chi connectivity index (χ0n) is 16.6. The molecular formula is C21H19FN4O3S. The fourth-order valence-electron chi connectivity index (χ4n) is 3.01. The molecule has 154 valence electrons. The van der Waals surface area contributed by atoms with Crippen molar-refractivity contribution in [2.45, 2.75) is 12.1 Å². The van der Waals surface area contributed by atoms with Gasteiger partial charge in [-0.15, -0.1) is 10.2 Å². The zero-order valence-corrected chi connectivity index (χ0v) is 17.4. The van der Waals surface area contributed by atoms with E-state index >= 15 is 0 Å². The summed E-state index contributed by atoms with van der Waals surface area (Å²) in [5.41, 5.74) is 1.88. The monoisotopic (exact) mass is 426 g/mol. The van der Waals surface area contributed by atoms with E-state index in [1.54, 1.807) is 31.7 Å². The first kappa shape index (κ1) is 20.0. The maximum atomic E-state index is 13.4. The number of hydrogen-bond acceptors (Lipinski definition) is 6. The number of aryl methyl sites for hydroxylation is 1. The third-order valence-electron chi connectivity index (χ3n) is 4.59. The van der Waals surface area contributed by atoms with Crippen LogP contribution in [0, 0.1) is 12.7 Å². The number of fused-ring (bicyclic) bond motifs is 1. The lowest BCUT2D eigenvalue weighted by atomic mass is 10.2. The van der Waals surface area contributed by atoms with Crippen molar-refractivity contribution < 1.29 is 18.3 Å². The van der Waals surface area contributed by atoms with Gasteiger partial charge < -0.3 is 19.0 Å². The minimum Gasteiger partial charge on any atom is -0.493 e. The highest BCUT2D eigenvalue weighted by Gasteiger charge is 2.18. The van der Waals surface area contributed by atoms with Crippen LogP contribution in [0.5, 0.6) is 5.75 Å². The van der Waals surface area contributed by atoms with Crippen LogP contribution in [0.1, 0.15) is 5.56 Å². The van der Waals surface area contributed by atoms with Crippen LogP contribution < -0.4 is 10.1 Å². The lowest BCUT2D eigenvalue weighted by Crippen LogP contribution is -2.15. The minimum absolute atomic E-state index is 0.107. The zero-order chi connectivity index (χ0) is 21.3. The molecule has 0 aliphatic carbocycles. The van der Waals surface area contributed by atoms with Gasteiger partial charge in [-0.2, -0.15) is 0 Å². The van der Waals surface area contributed by atoms with Crippen molar-refractivity contribution in [1.82, 2.24) is 14.8 Å². The normalized spacial score (nSPS) is 11.1. The summed E-state index contributed by atoms with van der Waals surface area (Å²) in [6.07, 6.45) is 0. The summed E-state index contributed by atoms with van der Waals surface area (Å²) in [6, 6.07) is 11.8. The predicted molar refractivity (Wildman–Crippen MR) is 113 cm³/mol. The number of anilines is 1. The number of nitrogens with zero attached hydrogens (tertiary/aromatic N) is 3. The molecule has 0 aliphatic heterocycles. The van der Waals surface area contributed by atoms with Crippen molar-refractivity contribution in [2.75, 3.05) is 18.2 Å². The molecule has 7 nitrogen and oxygen atoms in total. The van der Waals surface area contributed by atoms with Crippen molar-refractivity contribution in [3.63, 3.8) is 0 Å². The fraction of sp³-hybridized carbons (Fsp3) is 0.190. The number of para-hydroxylation sites is 1. The summed E-state index contributed by atoms with van der Waals surface area (Å²) in [4.78, 5) is 12.3. The third-order valence-corrected chi connectivity index (χ3v) is 5.61. The van der Waals surface area contributed by atoms with Gasteiger partial charge in [0.1, 0.15) is 5.82 Å². The number of nitrogens with one attached hydrogen (secondary N) is 1. The first-order valence-electron chi connectivity index (χ1n) is 9.11. The topological polar surface area (TPSA) is 82.2 Å². The lowest BCUT2D eigenvalue weighted by Gasteiger charge is -2.08. The van der Waals surface area contributed by atoms with Crippen LogP contribution in [0.15, 0.2) is 52.0 Å². The smallest absolute Gasteiger partial charge is 0.234 e. The highest BCUT2D eigenvalue weighted by molar-refractivity contribution is 7.99. The molecule has 2 aromatic carbocycles. The number of hydrogen-bond donors (Lipinski definition) is 1. The van der Waals surface area contributed by atoms with Crippen molar-refractivity contribution in [3.8, 4) is 17.3 Å². The molecule has 2 heterocycles. The van der Waals surface area contributed by atoms with E-state index in [2.05, 4.69) is 15.5 Å². The van der Waals surface area contributed by atoms with Gasteiger partial charge in [0.15, 0.2) is 28.1 Å². The number of rotatable bonds is 6. The number of halogens is 1. The van der Waals surface area contributed by atoms with Crippen LogP contribution in [0.4, 0.5) is 10.1 Å². The van der Waals surface area contributed by atoms with Crippen LogP contribution in [0.3, 0.4) is 0 Å². The number of thioether (sulfide) groups is 1. The number of carbonyl (C=O) groups excluding carboxylic acids is 1. The van der Waals surface area contributed by atoms with E-state index in [9.17, 15) is 9.18 Å². The van der Waals surface area contributed by atoms with Crippen molar-refractivity contribution in [3.05, 3.63) is 53.8 Å². The standard InChI is InChI=1S/C21H19FN4O3S/c1-12-7-8-14(22)10-15(12)23-18(27)11-30-21-25-24-20(26(21)2)17-9-13-5-4-6-16(28-3)19(13)29-17/h4-10H,11H2,1-3H3,(H,23,27). The predicted octanol–water partition coefficient (Wildman–Crippen LogP) is 4.42. The van der Waals surface area contributed by atoms with Gasteiger partial charge >= 0.3 is 0 Å². The van der Waals surface area contributed by atoms with E-state index in [1.807, 2.05) is 24.3 Å². The Morgan fingerprint density at radius 1 is 1.27 bits per heavy atom. The van der Waals surface area contributed by atoms with Crippen LogP contribution in [0.25, 0.3) is 22.6 Å². The van der Waals surface area contributed by atoms with E-state index in [0.717, 1.165) is 10.9 Å². The average molecular weight is 426 g/mol. The largest absolute Gasteiger partial charge is 0.493 e. The minimum atomic E-state index is -0.399. The summed E-state index contributed by atoms with van der Waals surface area (Å²) < 4.78 is 26.4. The van der Waals surface area contributed by atoms with Crippen LogP contribution in [0.2, 0.25) is 0 Å². The quantitative estimate of drug-likeness (QED) is 0.460. The Labute approximate surface area is 176 Å². The highest BCUT2D eigenvalue weighted by atomic mass is 32.2. The Hall–Kier alpha value is -3.33. The molecule has 4 rings (SSSR count). The van der Waals surface area contributed by atoms with E-state index in [4.69, 9.17) is 9.15 Å². The third kappa shape index (κ3) is 3.88. The second-order valence-electron chi connectivity index (χ2n) is 6.65. The maximum absolute atomic E-state index is 13.4. The molecule has 4 aromatic rings. The molecule has 0 saturated carbocycles. The van der Waals surface area contributed by atoms with Crippen LogP contribution >= 0.6 is 11.8 Å². The molecule has 0 atom stereocenters. The van der Waals surface area contributed by atoms with Crippen LogP contribution in [-0.4, -0.2) is 33.5 Å².